The zero-order valence-corrected chi connectivity index (χ0v) is 19.1. The van der Waals surface area contributed by atoms with E-state index in [9.17, 15) is 9.18 Å². The lowest BCUT2D eigenvalue weighted by molar-refractivity contribution is 0.304. The minimum Gasteiger partial charge on any atom is -0.328 e. The summed E-state index contributed by atoms with van der Waals surface area (Å²) in [6.45, 7) is 1.76. The van der Waals surface area contributed by atoms with E-state index in [0.29, 0.717) is 22.7 Å². The van der Waals surface area contributed by atoms with Gasteiger partial charge < -0.3 is 10.3 Å². The van der Waals surface area contributed by atoms with Crippen LogP contribution in [0.25, 0.3) is 21.8 Å². The van der Waals surface area contributed by atoms with E-state index in [1.807, 2.05) is 6.92 Å². The molecule has 3 N–H and O–H groups in total. The Balaban J connectivity index is 1.79. The lowest BCUT2D eigenvalue weighted by Gasteiger charge is -2.30. The third kappa shape index (κ3) is 3.76. The minimum absolute atomic E-state index is 0.0146. The van der Waals surface area contributed by atoms with Crippen LogP contribution in [0.3, 0.4) is 0 Å². The van der Waals surface area contributed by atoms with Crippen LogP contribution in [0.15, 0.2) is 16.9 Å². The first-order valence-electron chi connectivity index (χ1n) is 12.5. The number of aromatic amines is 1. The number of hydrogen-bond acceptors (Lipinski definition) is 3. The van der Waals surface area contributed by atoms with E-state index in [0.717, 1.165) is 16.6 Å². The summed E-state index contributed by atoms with van der Waals surface area (Å²) in [5, 5.41) is 9.06. The van der Waals surface area contributed by atoms with Crippen molar-refractivity contribution in [2.75, 3.05) is 6.54 Å². The molecule has 5 nitrogen and oxygen atoms in total. The van der Waals surface area contributed by atoms with Gasteiger partial charge in [-0.3, -0.25) is 9.89 Å². The van der Waals surface area contributed by atoms with Crippen LogP contribution >= 0.6 is 0 Å². The average Bonchev–Trinajstić information content (AvgIpc) is 3.23. The van der Waals surface area contributed by atoms with Crippen molar-refractivity contribution in [3.05, 3.63) is 39.3 Å². The number of nitrogens with one attached hydrogen (secondary N) is 1. The van der Waals surface area contributed by atoms with E-state index in [4.69, 9.17) is 5.73 Å². The largest absolute Gasteiger partial charge is 0.328 e. The van der Waals surface area contributed by atoms with Crippen molar-refractivity contribution >= 4 is 21.8 Å². The maximum absolute atomic E-state index is 14.5. The average molecular weight is 439 g/mol. The summed E-state index contributed by atoms with van der Waals surface area (Å²) in [5.41, 5.74) is 10.5. The van der Waals surface area contributed by atoms with Gasteiger partial charge in [0, 0.05) is 17.6 Å². The van der Waals surface area contributed by atoms with Gasteiger partial charge in [0.05, 0.1) is 17.4 Å². The van der Waals surface area contributed by atoms with Crippen LogP contribution in [0.2, 0.25) is 0 Å². The molecule has 5 rings (SSSR count). The number of H-pyrrole nitrogens is 1. The number of fused-ring (bicyclic) bond motifs is 3. The summed E-state index contributed by atoms with van der Waals surface area (Å²) in [6, 6.07) is 4.53. The molecule has 2 fully saturated rings. The van der Waals surface area contributed by atoms with Crippen molar-refractivity contribution in [2.45, 2.75) is 95.7 Å². The fraction of sp³-hybridized carbons (Fsp3) is 0.615. The molecule has 0 saturated heterocycles. The van der Waals surface area contributed by atoms with Crippen LogP contribution in [-0.4, -0.2) is 27.5 Å². The first kappa shape index (κ1) is 21.6. The Morgan fingerprint density at radius 2 is 1.66 bits per heavy atom. The van der Waals surface area contributed by atoms with Crippen molar-refractivity contribution in [3.8, 4) is 0 Å². The number of aryl methyl sites for hydroxylation is 1. The maximum atomic E-state index is 14.5. The predicted molar refractivity (Wildman–Crippen MR) is 128 cm³/mol. The molecule has 0 spiro atoms. The zero-order valence-electron chi connectivity index (χ0n) is 19.1. The van der Waals surface area contributed by atoms with Gasteiger partial charge in [0.1, 0.15) is 11.7 Å². The molecule has 172 valence electrons. The molecule has 0 radical (unpaired) electrons. The Hall–Kier alpha value is -2.21. The number of nitrogens with zero attached hydrogens (tertiary/aromatic N) is 2. The zero-order chi connectivity index (χ0) is 22.2. The number of hydrogen-bond donors (Lipinski definition) is 2. The molecular formula is C26H35FN4O. The third-order valence-corrected chi connectivity index (χ3v) is 7.88. The molecule has 2 heterocycles. The number of pyridine rings is 1. The molecule has 0 unspecified atom stereocenters. The van der Waals surface area contributed by atoms with Crippen LogP contribution in [0.1, 0.15) is 92.9 Å². The highest BCUT2D eigenvalue weighted by molar-refractivity contribution is 6.04. The molecule has 3 aromatic rings. The second-order valence-corrected chi connectivity index (χ2v) is 9.99. The van der Waals surface area contributed by atoms with Crippen LogP contribution < -0.4 is 11.3 Å². The molecule has 2 aromatic heterocycles. The van der Waals surface area contributed by atoms with E-state index >= 15 is 0 Å². The number of nitrogens with two attached hydrogens (primary N) is 1. The van der Waals surface area contributed by atoms with Crippen molar-refractivity contribution < 1.29 is 4.39 Å². The minimum atomic E-state index is -1.25. The van der Waals surface area contributed by atoms with E-state index in [1.165, 1.54) is 75.3 Å². The highest BCUT2D eigenvalue weighted by atomic mass is 19.1. The van der Waals surface area contributed by atoms with Gasteiger partial charge in [-0.2, -0.15) is 5.10 Å². The van der Waals surface area contributed by atoms with Gasteiger partial charge >= 0.3 is 0 Å². The van der Waals surface area contributed by atoms with Crippen molar-refractivity contribution in [1.29, 1.82) is 0 Å². The predicted octanol–water partition coefficient (Wildman–Crippen LogP) is 5.58. The van der Waals surface area contributed by atoms with Gasteiger partial charge in [0.25, 0.3) is 5.56 Å². The summed E-state index contributed by atoms with van der Waals surface area (Å²) in [7, 11) is 0. The number of halogens is 1. The first-order chi connectivity index (χ1) is 15.6. The molecule has 1 aromatic carbocycles. The molecule has 1 atom stereocenters. The van der Waals surface area contributed by atoms with Crippen molar-refractivity contribution in [3.63, 3.8) is 0 Å². The van der Waals surface area contributed by atoms with Gasteiger partial charge in [-0.15, -0.1) is 0 Å². The molecule has 6 heteroatoms. The Bertz CT molecular complexity index is 1170. The van der Waals surface area contributed by atoms with E-state index in [1.54, 1.807) is 4.57 Å². The standard InChI is InChI=1S/C26H35FN4O/c1-16-24-25(30-29-16)22-12-20(17-8-4-2-5-9-17)21(18-10-6-3-7-11-18)13-23(22)31(26(24)32)15-19(27)14-28/h12-13,17-19H,2-11,14-15,28H2,1H3,(H,29,30)/t19-/m1/s1. The molecule has 0 aliphatic heterocycles. The molecule has 2 aliphatic rings. The summed E-state index contributed by atoms with van der Waals surface area (Å²) in [5.74, 6) is 1.10. The van der Waals surface area contributed by atoms with Gasteiger partial charge in [-0.25, -0.2) is 4.39 Å². The van der Waals surface area contributed by atoms with Crippen LogP contribution in [0, 0.1) is 6.92 Å². The quantitative estimate of drug-likeness (QED) is 0.546. The van der Waals surface area contributed by atoms with Gasteiger partial charge in [0.15, 0.2) is 0 Å². The van der Waals surface area contributed by atoms with E-state index < -0.39 is 6.17 Å². The Morgan fingerprint density at radius 3 is 2.25 bits per heavy atom. The Morgan fingerprint density at radius 1 is 1.06 bits per heavy atom. The number of benzene rings is 1. The van der Waals surface area contributed by atoms with Gasteiger partial charge in [0.2, 0.25) is 0 Å². The molecule has 0 bridgehead atoms. The van der Waals surface area contributed by atoms with E-state index in [2.05, 4.69) is 22.3 Å². The maximum Gasteiger partial charge on any atom is 0.262 e. The van der Waals surface area contributed by atoms with Crippen molar-refractivity contribution in [2.24, 2.45) is 5.73 Å². The lowest BCUT2D eigenvalue weighted by Crippen LogP contribution is -2.29. The summed E-state index contributed by atoms with van der Waals surface area (Å²) < 4.78 is 16.1. The third-order valence-electron chi connectivity index (χ3n) is 7.88. The number of alkyl halides is 1. The number of rotatable bonds is 5. The second-order valence-electron chi connectivity index (χ2n) is 9.99. The van der Waals surface area contributed by atoms with Gasteiger partial charge in [-0.05, 0) is 67.7 Å². The highest BCUT2D eigenvalue weighted by Crippen LogP contribution is 2.43. The van der Waals surface area contributed by atoms with Crippen LogP contribution in [0.4, 0.5) is 4.39 Å². The summed E-state index contributed by atoms with van der Waals surface area (Å²) in [4.78, 5) is 13.4. The second kappa shape index (κ2) is 8.97. The number of aromatic nitrogens is 3. The lowest BCUT2D eigenvalue weighted by atomic mass is 9.75. The van der Waals surface area contributed by atoms with Crippen LogP contribution in [-0.2, 0) is 6.54 Å². The summed E-state index contributed by atoms with van der Waals surface area (Å²) >= 11 is 0. The molecule has 32 heavy (non-hydrogen) atoms. The van der Waals surface area contributed by atoms with Crippen LogP contribution in [0.5, 0.6) is 0 Å². The molecule has 2 aliphatic carbocycles. The SMILES string of the molecule is Cc1[nH]nc2c1c(=O)n(C[C@H](F)CN)c1cc(C3CCCCC3)c(C3CCCCC3)cc21. The molecule has 0 amide bonds. The first-order valence-corrected chi connectivity index (χ1v) is 12.5. The highest BCUT2D eigenvalue weighted by Gasteiger charge is 2.27. The fourth-order valence-electron chi connectivity index (χ4n) is 6.15. The normalized spacial score (nSPS) is 19.7. The van der Waals surface area contributed by atoms with E-state index in [-0.39, 0.29) is 18.6 Å². The molecular weight excluding hydrogens is 403 g/mol. The fourth-order valence-corrected chi connectivity index (χ4v) is 6.15. The molecule has 2 saturated carbocycles. The van der Waals surface area contributed by atoms with Crippen molar-refractivity contribution in [1.82, 2.24) is 14.8 Å². The topological polar surface area (TPSA) is 76.7 Å². The Kier molecular flexibility index (Phi) is 6.06. The smallest absolute Gasteiger partial charge is 0.262 e. The van der Waals surface area contributed by atoms with Gasteiger partial charge in [-0.1, -0.05) is 38.5 Å². The summed E-state index contributed by atoms with van der Waals surface area (Å²) in [6.07, 6.45) is 11.3. The monoisotopic (exact) mass is 438 g/mol. The Labute approximate surface area is 188 Å².